The predicted molar refractivity (Wildman–Crippen MR) is 157 cm³/mol. The summed E-state index contributed by atoms with van der Waals surface area (Å²) >= 11 is 0. The lowest BCUT2D eigenvalue weighted by atomic mass is 9.94. The first-order valence-electron chi connectivity index (χ1n) is 15.1. The number of nitrogens with zero attached hydrogens (tertiary/aromatic N) is 5. The molecule has 4 aliphatic rings. The average molecular weight is 625 g/mol. The van der Waals surface area contributed by atoms with Gasteiger partial charge in [0, 0.05) is 59.8 Å². The van der Waals surface area contributed by atoms with E-state index in [1.807, 2.05) is 4.90 Å². The van der Waals surface area contributed by atoms with Crippen molar-refractivity contribution in [3.63, 3.8) is 0 Å². The largest absolute Gasteiger partial charge is 0.507 e. The minimum atomic E-state index is -1.67. The molecule has 4 aromatic rings. The zero-order valence-corrected chi connectivity index (χ0v) is 24.1. The molecule has 3 unspecified atom stereocenters. The summed E-state index contributed by atoms with van der Waals surface area (Å²) in [6, 6.07) is 5.04. The van der Waals surface area contributed by atoms with E-state index >= 15 is 8.78 Å². The SMILES string of the molecule is Oc1ccc(-c2ncc3c(N4CC5CCC(C4)N5)nc(OCC45CCCN4CC(=C(F)F)C5)nc3c2F)c2c(F)c(F)ccc12. The Hall–Kier alpha value is -4.10. The monoisotopic (exact) mass is 624 g/mol. The molecular weight excluding hydrogens is 595 g/mol. The highest BCUT2D eigenvalue weighted by Gasteiger charge is 2.48. The van der Waals surface area contributed by atoms with Crippen LogP contribution in [0.5, 0.6) is 11.8 Å². The molecule has 4 aliphatic heterocycles. The van der Waals surface area contributed by atoms with Crippen molar-refractivity contribution in [3.05, 3.63) is 59.6 Å². The van der Waals surface area contributed by atoms with Crippen LogP contribution < -0.4 is 15.0 Å². The van der Waals surface area contributed by atoms with Crippen LogP contribution >= 0.6 is 0 Å². The summed E-state index contributed by atoms with van der Waals surface area (Å²) in [5, 5.41) is 13.9. The lowest BCUT2D eigenvalue weighted by molar-refractivity contribution is 0.108. The van der Waals surface area contributed by atoms with Crippen molar-refractivity contribution < 1.29 is 31.8 Å². The normalized spacial score (nSPS) is 24.6. The van der Waals surface area contributed by atoms with Gasteiger partial charge in [-0.05, 0) is 62.9 Å². The van der Waals surface area contributed by atoms with Crippen LogP contribution in [0.25, 0.3) is 32.9 Å². The Balaban J connectivity index is 1.25. The molecule has 8 rings (SSSR count). The number of hydrogen-bond donors (Lipinski definition) is 2. The van der Waals surface area contributed by atoms with Crippen LogP contribution in [0.1, 0.15) is 32.1 Å². The molecule has 3 atom stereocenters. The van der Waals surface area contributed by atoms with Crippen LogP contribution in [0.15, 0.2) is 42.1 Å². The van der Waals surface area contributed by atoms with Gasteiger partial charge >= 0.3 is 6.01 Å². The van der Waals surface area contributed by atoms with Gasteiger partial charge in [-0.15, -0.1) is 0 Å². The van der Waals surface area contributed by atoms with Crippen LogP contribution in [-0.2, 0) is 0 Å². The summed E-state index contributed by atoms with van der Waals surface area (Å²) in [6.45, 7) is 2.16. The molecule has 45 heavy (non-hydrogen) atoms. The van der Waals surface area contributed by atoms with Crippen molar-refractivity contribution in [2.45, 2.75) is 49.7 Å². The van der Waals surface area contributed by atoms with Crippen molar-refractivity contribution >= 4 is 27.5 Å². The van der Waals surface area contributed by atoms with Crippen LogP contribution in [-0.4, -0.2) is 75.4 Å². The average Bonchev–Trinajstić information content (AvgIpc) is 3.70. The molecule has 2 aromatic carbocycles. The number of ether oxygens (including phenoxy) is 1. The first kappa shape index (κ1) is 28.4. The lowest BCUT2D eigenvalue weighted by Crippen LogP contribution is -2.51. The number of anilines is 1. The molecule has 2 bridgehead atoms. The van der Waals surface area contributed by atoms with E-state index < -0.39 is 29.1 Å². The second kappa shape index (κ2) is 10.5. The Morgan fingerprint density at radius 2 is 1.82 bits per heavy atom. The molecule has 234 valence electrons. The Labute approximate surface area is 254 Å². The summed E-state index contributed by atoms with van der Waals surface area (Å²) in [5.74, 6) is -3.14. The number of aromatic nitrogens is 3. The van der Waals surface area contributed by atoms with E-state index in [4.69, 9.17) is 9.72 Å². The predicted octanol–water partition coefficient (Wildman–Crippen LogP) is 5.68. The van der Waals surface area contributed by atoms with E-state index in [-0.39, 0.29) is 76.5 Å². The summed E-state index contributed by atoms with van der Waals surface area (Å²) in [4.78, 5) is 17.6. The maximum Gasteiger partial charge on any atom is 0.319 e. The van der Waals surface area contributed by atoms with Gasteiger partial charge in [0.25, 0.3) is 6.08 Å². The van der Waals surface area contributed by atoms with Crippen LogP contribution in [0.4, 0.5) is 27.8 Å². The second-order valence-corrected chi connectivity index (χ2v) is 12.6. The number of aromatic hydroxyl groups is 1. The molecule has 2 aromatic heterocycles. The molecule has 4 saturated heterocycles. The molecule has 0 saturated carbocycles. The maximum atomic E-state index is 16.6. The molecule has 4 fully saturated rings. The third kappa shape index (κ3) is 4.58. The maximum absolute atomic E-state index is 16.6. The van der Waals surface area contributed by atoms with E-state index in [0.29, 0.717) is 37.3 Å². The fourth-order valence-corrected chi connectivity index (χ4v) is 7.71. The number of nitrogens with one attached hydrogen (secondary N) is 1. The number of pyridine rings is 1. The molecular formula is C32H29F5N6O2. The van der Waals surface area contributed by atoms with Gasteiger partial charge in [0.15, 0.2) is 17.5 Å². The third-order valence-corrected chi connectivity index (χ3v) is 9.87. The van der Waals surface area contributed by atoms with E-state index in [1.165, 1.54) is 24.4 Å². The van der Waals surface area contributed by atoms with Gasteiger partial charge in [-0.25, -0.2) is 13.2 Å². The summed E-state index contributed by atoms with van der Waals surface area (Å²) in [7, 11) is 0. The molecule has 0 radical (unpaired) electrons. The topological polar surface area (TPSA) is 86.6 Å². The Bertz CT molecular complexity index is 1890. The molecule has 0 amide bonds. The number of piperazine rings is 1. The number of benzene rings is 2. The zero-order valence-electron chi connectivity index (χ0n) is 24.1. The molecule has 0 spiro atoms. The minimum absolute atomic E-state index is 0.00598. The number of phenolic OH excluding ortho intramolecular Hbond substituents is 1. The zero-order chi connectivity index (χ0) is 31.0. The summed E-state index contributed by atoms with van der Waals surface area (Å²) < 4.78 is 79.2. The van der Waals surface area contributed by atoms with Crippen molar-refractivity contribution in [3.8, 4) is 23.0 Å². The highest BCUT2D eigenvalue weighted by molar-refractivity contribution is 6.01. The van der Waals surface area contributed by atoms with E-state index in [9.17, 15) is 18.3 Å². The van der Waals surface area contributed by atoms with Gasteiger partial charge in [0.2, 0.25) is 0 Å². The second-order valence-electron chi connectivity index (χ2n) is 12.6. The molecule has 2 N–H and O–H groups in total. The molecule has 8 nitrogen and oxygen atoms in total. The first-order valence-corrected chi connectivity index (χ1v) is 15.1. The fourth-order valence-electron chi connectivity index (χ4n) is 7.71. The van der Waals surface area contributed by atoms with Gasteiger partial charge in [-0.3, -0.25) is 9.88 Å². The quantitative estimate of drug-likeness (QED) is 0.275. The third-order valence-electron chi connectivity index (χ3n) is 9.87. The standard InChI is InChI=1S/C32H29F5N6O2/c33-22-6-4-19-23(44)7-5-20(24(19)25(22)34)27-26(35)28-21(11-38-27)30(42-13-17-2-3-18(14-42)39-17)41-31(40-28)45-15-32-8-1-9-43(32)12-16(10-32)29(36)37/h4-7,11,17-18,39,44H,1-3,8-10,12-15H2. The van der Waals surface area contributed by atoms with Gasteiger partial charge in [-0.1, -0.05) is 0 Å². The van der Waals surface area contributed by atoms with Crippen molar-refractivity contribution in [1.29, 1.82) is 0 Å². The van der Waals surface area contributed by atoms with Gasteiger partial charge < -0.3 is 20.1 Å². The molecule has 13 heteroatoms. The Morgan fingerprint density at radius 3 is 2.60 bits per heavy atom. The van der Waals surface area contributed by atoms with Crippen molar-refractivity contribution in [1.82, 2.24) is 25.2 Å². The van der Waals surface area contributed by atoms with E-state index in [1.54, 1.807) is 0 Å². The number of hydrogen-bond acceptors (Lipinski definition) is 8. The molecule has 0 aliphatic carbocycles. The highest BCUT2D eigenvalue weighted by Crippen LogP contribution is 2.44. The summed E-state index contributed by atoms with van der Waals surface area (Å²) in [6.07, 6.45) is 3.45. The summed E-state index contributed by atoms with van der Waals surface area (Å²) in [5.41, 5.74) is -0.980. The van der Waals surface area contributed by atoms with Crippen LogP contribution in [0.3, 0.4) is 0 Å². The van der Waals surface area contributed by atoms with Crippen LogP contribution in [0, 0.1) is 17.5 Å². The van der Waals surface area contributed by atoms with E-state index in [2.05, 4.69) is 20.2 Å². The Kier molecular flexibility index (Phi) is 6.61. The smallest absolute Gasteiger partial charge is 0.319 e. The fraction of sp³-hybridized carbons (Fsp3) is 0.406. The van der Waals surface area contributed by atoms with Gasteiger partial charge in [-0.2, -0.15) is 18.7 Å². The minimum Gasteiger partial charge on any atom is -0.507 e. The number of fused-ring (bicyclic) bond motifs is 5. The van der Waals surface area contributed by atoms with Gasteiger partial charge in [0.1, 0.15) is 29.4 Å². The van der Waals surface area contributed by atoms with E-state index in [0.717, 1.165) is 25.3 Å². The number of halogens is 5. The highest BCUT2D eigenvalue weighted by atomic mass is 19.3. The first-order chi connectivity index (χ1) is 21.7. The number of rotatable bonds is 5. The van der Waals surface area contributed by atoms with Crippen LogP contribution in [0.2, 0.25) is 0 Å². The van der Waals surface area contributed by atoms with Crippen molar-refractivity contribution in [2.24, 2.45) is 0 Å². The Morgan fingerprint density at radius 1 is 1.02 bits per heavy atom. The van der Waals surface area contributed by atoms with Crippen molar-refractivity contribution in [2.75, 3.05) is 37.7 Å². The lowest BCUT2D eigenvalue weighted by Gasteiger charge is -2.34. The molecule has 6 heterocycles. The van der Waals surface area contributed by atoms with Gasteiger partial charge in [0.05, 0.1) is 10.9 Å². The number of phenols is 1.